The lowest BCUT2D eigenvalue weighted by atomic mass is 10.9. The van der Waals surface area contributed by atoms with Gasteiger partial charge >= 0.3 is 0 Å². The van der Waals surface area contributed by atoms with Gasteiger partial charge in [-0.2, -0.15) is 5.10 Å². The number of hydrogen-bond donors (Lipinski definition) is 2. The van der Waals surface area contributed by atoms with Crippen LogP contribution in [0.3, 0.4) is 0 Å². The fourth-order valence-corrected chi connectivity index (χ4v) is 0.325. The van der Waals surface area contributed by atoms with Crippen LogP contribution >= 0.6 is 0 Å². The van der Waals surface area contributed by atoms with Crippen LogP contribution in [0.4, 0.5) is 0 Å². The molecule has 0 saturated heterocycles. The highest BCUT2D eigenvalue weighted by Crippen LogP contribution is 1.78. The number of hydrazine groups is 1. The molecule has 0 aliphatic carbocycles. The molecular formula is C7H13N5. The predicted octanol–water partition coefficient (Wildman–Crippen LogP) is 0.271. The lowest BCUT2D eigenvalue weighted by molar-refractivity contribution is 0.494. The molecule has 0 aliphatic rings. The van der Waals surface area contributed by atoms with E-state index in [0.717, 1.165) is 0 Å². The predicted molar refractivity (Wildman–Crippen MR) is 51.4 cm³/mol. The van der Waals surface area contributed by atoms with Crippen LogP contribution in [0.15, 0.2) is 35.7 Å². The molecular weight excluding hydrogens is 154 g/mol. The summed E-state index contributed by atoms with van der Waals surface area (Å²) in [6, 6.07) is 0. The molecule has 0 aromatic carbocycles. The first-order valence-corrected chi connectivity index (χ1v) is 3.32. The van der Waals surface area contributed by atoms with Crippen LogP contribution in [0, 0.1) is 0 Å². The summed E-state index contributed by atoms with van der Waals surface area (Å²) >= 11 is 0. The zero-order valence-corrected chi connectivity index (χ0v) is 7.07. The minimum Gasteiger partial charge on any atom is -0.308 e. The third-order valence-electron chi connectivity index (χ3n) is 0.889. The summed E-state index contributed by atoms with van der Waals surface area (Å²) in [5.41, 5.74) is 5.25. The fourth-order valence-electron chi connectivity index (χ4n) is 0.325. The van der Waals surface area contributed by atoms with Gasteiger partial charge in [-0.3, -0.25) is 10.4 Å². The van der Waals surface area contributed by atoms with Crippen molar-refractivity contribution in [3.63, 3.8) is 0 Å². The first-order valence-electron chi connectivity index (χ1n) is 3.32. The van der Waals surface area contributed by atoms with Crippen LogP contribution in [-0.4, -0.2) is 24.7 Å². The van der Waals surface area contributed by atoms with E-state index in [1.165, 1.54) is 23.9 Å². The third kappa shape index (κ3) is 6.34. The number of hydrazone groups is 1. The molecule has 0 aromatic heterocycles. The second kappa shape index (κ2) is 7.33. The van der Waals surface area contributed by atoms with Crippen molar-refractivity contribution in [3.8, 4) is 0 Å². The summed E-state index contributed by atoms with van der Waals surface area (Å²) in [6.45, 7) is 6.94. The van der Waals surface area contributed by atoms with Crippen molar-refractivity contribution in [3.05, 3.63) is 25.6 Å². The van der Waals surface area contributed by atoms with Crippen LogP contribution in [0.5, 0.6) is 0 Å². The average molecular weight is 167 g/mol. The fraction of sp³-hybridized carbons (Fsp3) is 0.143. The lowest BCUT2D eigenvalue weighted by Gasteiger charge is -2.01. The summed E-state index contributed by atoms with van der Waals surface area (Å²) in [4.78, 5) is 3.77. The lowest BCUT2D eigenvalue weighted by Crippen LogP contribution is -2.24. The van der Waals surface area contributed by atoms with Crippen LogP contribution in [-0.2, 0) is 0 Å². The molecule has 0 amide bonds. The first-order chi connectivity index (χ1) is 5.81. The first kappa shape index (κ1) is 10.2. The number of aliphatic imine (C=N–C) groups is 1. The van der Waals surface area contributed by atoms with Crippen molar-refractivity contribution < 1.29 is 0 Å². The molecule has 12 heavy (non-hydrogen) atoms. The molecule has 0 radical (unpaired) electrons. The summed E-state index contributed by atoms with van der Waals surface area (Å²) in [6.07, 6.45) is 5.90. The molecule has 5 heteroatoms. The largest absolute Gasteiger partial charge is 0.308 e. The summed E-state index contributed by atoms with van der Waals surface area (Å²) < 4.78 is 0. The van der Waals surface area contributed by atoms with Crippen molar-refractivity contribution in [2.24, 2.45) is 10.1 Å². The van der Waals surface area contributed by atoms with Gasteiger partial charge in [0, 0.05) is 19.4 Å². The maximum Gasteiger partial charge on any atom is 0.137 e. The summed E-state index contributed by atoms with van der Waals surface area (Å²) in [7, 11) is 1.76. The normalized spacial score (nSPS) is 10.1. The standard InChI is InChI=1S/C7H13N5/c1-4-9-10-6-8-7-11-12(3)5-2/h4-7,9H,1-2H2,3H3,(H,8,10,11). The second-order valence-electron chi connectivity index (χ2n) is 1.76. The molecule has 0 aromatic rings. The van der Waals surface area contributed by atoms with E-state index < -0.39 is 0 Å². The SMILES string of the molecule is C=CNNC=NC=NN(C)C=C. The molecule has 0 unspecified atom stereocenters. The van der Waals surface area contributed by atoms with E-state index in [4.69, 9.17) is 0 Å². The van der Waals surface area contributed by atoms with Gasteiger partial charge in [0.15, 0.2) is 0 Å². The topological polar surface area (TPSA) is 52.0 Å². The smallest absolute Gasteiger partial charge is 0.137 e. The quantitative estimate of drug-likeness (QED) is 0.258. The highest BCUT2D eigenvalue weighted by molar-refractivity contribution is 5.70. The zero-order valence-electron chi connectivity index (χ0n) is 7.07. The molecule has 0 heterocycles. The van der Waals surface area contributed by atoms with Gasteiger partial charge in [-0.05, 0) is 0 Å². The highest BCUT2D eigenvalue weighted by atomic mass is 15.4. The second-order valence-corrected chi connectivity index (χ2v) is 1.76. The molecule has 0 saturated carbocycles. The summed E-state index contributed by atoms with van der Waals surface area (Å²) in [5.74, 6) is 0. The highest BCUT2D eigenvalue weighted by Gasteiger charge is 1.75. The molecule has 0 spiro atoms. The molecule has 0 bridgehead atoms. The Labute approximate surface area is 72.1 Å². The van der Waals surface area contributed by atoms with Crippen LogP contribution in [0.1, 0.15) is 0 Å². The van der Waals surface area contributed by atoms with Gasteiger partial charge in [-0.25, -0.2) is 4.99 Å². The van der Waals surface area contributed by atoms with Crippen molar-refractivity contribution >= 4 is 12.7 Å². The van der Waals surface area contributed by atoms with Crippen molar-refractivity contribution in [2.75, 3.05) is 7.05 Å². The minimum absolute atomic E-state index is 1.39. The van der Waals surface area contributed by atoms with Gasteiger partial charge in [-0.15, -0.1) is 0 Å². The molecule has 0 atom stereocenters. The maximum atomic E-state index is 3.84. The Balaban J connectivity index is 3.51. The molecule has 0 rings (SSSR count). The van der Waals surface area contributed by atoms with Crippen LogP contribution in [0.2, 0.25) is 0 Å². The van der Waals surface area contributed by atoms with E-state index in [0.29, 0.717) is 0 Å². The molecule has 0 fully saturated rings. The van der Waals surface area contributed by atoms with Gasteiger partial charge in [0.1, 0.15) is 12.7 Å². The number of nitrogens with zero attached hydrogens (tertiary/aromatic N) is 3. The van der Waals surface area contributed by atoms with Crippen molar-refractivity contribution in [1.82, 2.24) is 15.9 Å². The van der Waals surface area contributed by atoms with Crippen LogP contribution in [0.25, 0.3) is 0 Å². The van der Waals surface area contributed by atoms with E-state index in [9.17, 15) is 0 Å². The Morgan fingerprint density at radius 1 is 1.33 bits per heavy atom. The monoisotopic (exact) mass is 167 g/mol. The van der Waals surface area contributed by atoms with E-state index >= 15 is 0 Å². The number of hydrogen-bond acceptors (Lipinski definition) is 3. The van der Waals surface area contributed by atoms with E-state index in [2.05, 4.69) is 34.1 Å². The van der Waals surface area contributed by atoms with Gasteiger partial charge in [0.2, 0.25) is 0 Å². The molecule has 2 N–H and O–H groups in total. The Hall–Kier alpha value is -1.78. The minimum atomic E-state index is 1.39. The third-order valence-corrected chi connectivity index (χ3v) is 0.889. The number of rotatable bonds is 6. The zero-order chi connectivity index (χ0) is 9.23. The van der Waals surface area contributed by atoms with Gasteiger partial charge in [0.25, 0.3) is 0 Å². The maximum absolute atomic E-state index is 3.84. The Bertz CT molecular complexity index is 184. The van der Waals surface area contributed by atoms with Crippen LogP contribution < -0.4 is 10.9 Å². The van der Waals surface area contributed by atoms with Gasteiger partial charge < -0.3 is 5.43 Å². The molecule has 66 valence electrons. The van der Waals surface area contributed by atoms with E-state index in [1.807, 2.05) is 0 Å². The van der Waals surface area contributed by atoms with E-state index in [-0.39, 0.29) is 0 Å². The Morgan fingerprint density at radius 2 is 2.08 bits per heavy atom. The van der Waals surface area contributed by atoms with Gasteiger partial charge in [-0.1, -0.05) is 13.2 Å². The average Bonchev–Trinajstić information content (AvgIpc) is 2.10. The van der Waals surface area contributed by atoms with Gasteiger partial charge in [0.05, 0.1) is 0 Å². The van der Waals surface area contributed by atoms with Crippen molar-refractivity contribution in [1.29, 1.82) is 0 Å². The Morgan fingerprint density at radius 3 is 2.67 bits per heavy atom. The van der Waals surface area contributed by atoms with Crippen molar-refractivity contribution in [2.45, 2.75) is 0 Å². The summed E-state index contributed by atoms with van der Waals surface area (Å²) in [5, 5.41) is 5.38. The Kier molecular flexibility index (Phi) is 6.24. The molecule has 5 nitrogen and oxygen atoms in total. The molecule has 0 aliphatic heterocycles. The van der Waals surface area contributed by atoms with E-state index in [1.54, 1.807) is 13.2 Å². The number of nitrogens with one attached hydrogen (secondary N) is 2.